The first-order valence-electron chi connectivity index (χ1n) is 6.84. The van der Waals surface area contributed by atoms with Gasteiger partial charge in [-0.15, -0.1) is 0 Å². The van der Waals surface area contributed by atoms with Gasteiger partial charge in [0.05, 0.1) is 11.2 Å². The van der Waals surface area contributed by atoms with E-state index in [1.807, 2.05) is 18.2 Å². The summed E-state index contributed by atoms with van der Waals surface area (Å²) < 4.78 is 10.0. The monoisotopic (exact) mass is 332 g/mol. The van der Waals surface area contributed by atoms with E-state index in [4.69, 9.17) is 21.1 Å². The van der Waals surface area contributed by atoms with E-state index in [9.17, 15) is 9.59 Å². The molecule has 0 bridgehead atoms. The van der Waals surface area contributed by atoms with Crippen molar-refractivity contribution in [3.8, 4) is 0 Å². The molecule has 0 aliphatic carbocycles. The topological polar surface area (TPSA) is 77.5 Å². The molecule has 1 aromatic carbocycles. The Labute approximate surface area is 137 Å². The highest BCUT2D eigenvalue weighted by Gasteiger charge is 2.38. The molecule has 0 amide bonds. The summed E-state index contributed by atoms with van der Waals surface area (Å²) >= 11 is 5.91. The standard InChI is InChI=1S/C16H13ClN2O4/c1-16(2)22-14(20)10(15(21)23-16)8-18-11-5-3-4-9-6-7-12(17)19-13(9)11/h3-8,18H,1-2H3. The average Bonchev–Trinajstić information content (AvgIpc) is 2.45. The van der Waals surface area contributed by atoms with Crippen LogP contribution in [-0.4, -0.2) is 22.7 Å². The lowest BCUT2D eigenvalue weighted by molar-refractivity contribution is -0.222. The number of fused-ring (bicyclic) bond motifs is 1. The van der Waals surface area contributed by atoms with Gasteiger partial charge < -0.3 is 14.8 Å². The minimum atomic E-state index is -1.26. The number of carbonyl (C=O) groups is 2. The number of benzene rings is 1. The third kappa shape index (κ3) is 3.12. The molecule has 7 heteroatoms. The summed E-state index contributed by atoms with van der Waals surface area (Å²) in [6.07, 6.45) is 1.25. The van der Waals surface area contributed by atoms with Gasteiger partial charge in [0, 0.05) is 25.4 Å². The Morgan fingerprint density at radius 1 is 1.13 bits per heavy atom. The highest BCUT2D eigenvalue weighted by atomic mass is 35.5. The molecule has 0 spiro atoms. The number of ether oxygens (including phenoxy) is 2. The smallest absolute Gasteiger partial charge is 0.350 e. The van der Waals surface area contributed by atoms with Crippen LogP contribution >= 0.6 is 11.6 Å². The summed E-state index contributed by atoms with van der Waals surface area (Å²) in [6, 6.07) is 8.97. The molecule has 0 saturated carbocycles. The van der Waals surface area contributed by atoms with E-state index in [0.29, 0.717) is 16.4 Å². The third-order valence-corrected chi connectivity index (χ3v) is 3.39. The maximum Gasteiger partial charge on any atom is 0.350 e. The number of pyridine rings is 1. The Hall–Kier alpha value is -2.60. The fourth-order valence-electron chi connectivity index (χ4n) is 2.17. The van der Waals surface area contributed by atoms with E-state index >= 15 is 0 Å². The molecule has 1 N–H and O–H groups in total. The summed E-state index contributed by atoms with van der Waals surface area (Å²) in [5.74, 6) is -2.75. The number of aromatic nitrogens is 1. The van der Waals surface area contributed by atoms with E-state index in [1.54, 1.807) is 12.1 Å². The van der Waals surface area contributed by atoms with Crippen molar-refractivity contribution in [1.29, 1.82) is 0 Å². The van der Waals surface area contributed by atoms with E-state index in [2.05, 4.69) is 10.3 Å². The van der Waals surface area contributed by atoms with Crippen molar-refractivity contribution in [2.75, 3.05) is 5.32 Å². The van der Waals surface area contributed by atoms with Crippen molar-refractivity contribution in [1.82, 2.24) is 4.98 Å². The lowest BCUT2D eigenvalue weighted by Crippen LogP contribution is -2.42. The van der Waals surface area contributed by atoms with Crippen molar-refractivity contribution in [3.05, 3.63) is 47.3 Å². The largest absolute Gasteiger partial charge is 0.419 e. The zero-order valence-electron chi connectivity index (χ0n) is 12.4. The Balaban J connectivity index is 1.93. The third-order valence-electron chi connectivity index (χ3n) is 3.18. The quantitative estimate of drug-likeness (QED) is 0.394. The summed E-state index contributed by atoms with van der Waals surface area (Å²) in [5.41, 5.74) is 1.00. The Kier molecular flexibility index (Phi) is 3.69. The van der Waals surface area contributed by atoms with E-state index in [0.717, 1.165) is 5.39 Å². The highest BCUT2D eigenvalue weighted by Crippen LogP contribution is 2.25. The molecule has 1 aromatic heterocycles. The Morgan fingerprint density at radius 2 is 1.83 bits per heavy atom. The molecule has 23 heavy (non-hydrogen) atoms. The van der Waals surface area contributed by atoms with Crippen LogP contribution in [0.25, 0.3) is 10.9 Å². The number of carbonyl (C=O) groups excluding carboxylic acids is 2. The summed E-state index contributed by atoms with van der Waals surface area (Å²) in [4.78, 5) is 28.0. The maximum atomic E-state index is 11.9. The van der Waals surface area contributed by atoms with Gasteiger partial charge in [0.2, 0.25) is 0 Å². The van der Waals surface area contributed by atoms with Gasteiger partial charge in [-0.05, 0) is 18.2 Å². The van der Waals surface area contributed by atoms with Gasteiger partial charge in [0.25, 0.3) is 5.79 Å². The van der Waals surface area contributed by atoms with Crippen molar-refractivity contribution in [3.63, 3.8) is 0 Å². The lowest BCUT2D eigenvalue weighted by Gasteiger charge is -2.29. The molecule has 2 heterocycles. The molecular weight excluding hydrogens is 320 g/mol. The summed E-state index contributed by atoms with van der Waals surface area (Å²) in [7, 11) is 0. The summed E-state index contributed by atoms with van der Waals surface area (Å²) in [5, 5.41) is 4.10. The van der Waals surface area contributed by atoms with E-state index in [1.165, 1.54) is 20.0 Å². The number of cyclic esters (lactones) is 2. The zero-order chi connectivity index (χ0) is 16.6. The van der Waals surface area contributed by atoms with Gasteiger partial charge in [-0.3, -0.25) is 0 Å². The Morgan fingerprint density at radius 3 is 2.52 bits per heavy atom. The van der Waals surface area contributed by atoms with Crippen molar-refractivity contribution >= 4 is 40.1 Å². The average molecular weight is 333 g/mol. The predicted octanol–water partition coefficient (Wildman–Crippen LogP) is 3.02. The number of nitrogens with zero attached hydrogens (tertiary/aromatic N) is 1. The van der Waals surface area contributed by atoms with Gasteiger partial charge in [0.1, 0.15) is 5.15 Å². The van der Waals surface area contributed by atoms with Gasteiger partial charge in [0.15, 0.2) is 5.57 Å². The van der Waals surface area contributed by atoms with Crippen LogP contribution in [0.4, 0.5) is 5.69 Å². The molecule has 0 unspecified atom stereocenters. The van der Waals surface area contributed by atoms with Crippen LogP contribution < -0.4 is 5.32 Å². The van der Waals surface area contributed by atoms with Crippen LogP contribution in [0, 0.1) is 0 Å². The molecule has 1 saturated heterocycles. The number of para-hydroxylation sites is 1. The first kappa shape index (κ1) is 15.3. The molecule has 1 aliphatic rings. The number of rotatable bonds is 2. The Bertz CT molecular complexity index is 823. The first-order valence-corrected chi connectivity index (χ1v) is 7.22. The number of nitrogens with one attached hydrogen (secondary N) is 1. The predicted molar refractivity (Wildman–Crippen MR) is 84.7 cm³/mol. The van der Waals surface area contributed by atoms with Crippen molar-refractivity contribution in [2.24, 2.45) is 0 Å². The molecule has 0 atom stereocenters. The number of anilines is 1. The van der Waals surface area contributed by atoms with Gasteiger partial charge in [-0.1, -0.05) is 23.7 Å². The van der Waals surface area contributed by atoms with Crippen LogP contribution in [-0.2, 0) is 19.1 Å². The number of esters is 2. The molecule has 0 radical (unpaired) electrons. The molecule has 1 aliphatic heterocycles. The minimum absolute atomic E-state index is 0.219. The first-order chi connectivity index (χ1) is 10.9. The van der Waals surface area contributed by atoms with Crippen molar-refractivity contribution < 1.29 is 19.1 Å². The van der Waals surface area contributed by atoms with Gasteiger partial charge in [-0.25, -0.2) is 14.6 Å². The van der Waals surface area contributed by atoms with Crippen LogP contribution in [0.2, 0.25) is 5.15 Å². The fourth-order valence-corrected chi connectivity index (χ4v) is 2.32. The number of hydrogen-bond donors (Lipinski definition) is 1. The highest BCUT2D eigenvalue weighted by molar-refractivity contribution is 6.29. The minimum Gasteiger partial charge on any atom is -0.419 e. The lowest BCUT2D eigenvalue weighted by atomic mass is 10.2. The second-order valence-electron chi connectivity index (χ2n) is 5.39. The normalized spacial score (nSPS) is 16.7. The van der Waals surface area contributed by atoms with Gasteiger partial charge in [-0.2, -0.15) is 0 Å². The van der Waals surface area contributed by atoms with E-state index in [-0.39, 0.29) is 5.57 Å². The van der Waals surface area contributed by atoms with E-state index < -0.39 is 17.7 Å². The second-order valence-corrected chi connectivity index (χ2v) is 5.78. The molecular formula is C16H13ClN2O4. The molecule has 2 aromatic rings. The molecule has 3 rings (SSSR count). The van der Waals surface area contributed by atoms with Crippen LogP contribution in [0.1, 0.15) is 13.8 Å². The van der Waals surface area contributed by atoms with Crippen LogP contribution in [0.15, 0.2) is 42.1 Å². The maximum absolute atomic E-state index is 11.9. The van der Waals surface area contributed by atoms with Gasteiger partial charge >= 0.3 is 11.9 Å². The summed E-state index contributed by atoms with van der Waals surface area (Å²) in [6.45, 7) is 2.98. The molecule has 1 fully saturated rings. The van der Waals surface area contributed by atoms with Crippen LogP contribution in [0.5, 0.6) is 0 Å². The molecule has 118 valence electrons. The van der Waals surface area contributed by atoms with Crippen LogP contribution in [0.3, 0.4) is 0 Å². The number of halogens is 1. The molecule has 6 nitrogen and oxygen atoms in total. The second kappa shape index (κ2) is 5.55. The van der Waals surface area contributed by atoms with Crippen molar-refractivity contribution in [2.45, 2.75) is 19.6 Å². The fraction of sp³-hybridized carbons (Fsp3) is 0.188. The number of hydrogen-bond acceptors (Lipinski definition) is 6. The zero-order valence-corrected chi connectivity index (χ0v) is 13.2. The SMILES string of the molecule is CC1(C)OC(=O)C(=CNc2cccc3ccc(Cl)nc23)C(=O)O1.